The molecule has 1 amide bonds. The summed E-state index contributed by atoms with van der Waals surface area (Å²) >= 11 is 0. The zero-order valence-corrected chi connectivity index (χ0v) is 15.9. The van der Waals surface area contributed by atoms with Gasteiger partial charge in [0.15, 0.2) is 0 Å². The number of hydrogen-bond donors (Lipinski definition) is 0. The summed E-state index contributed by atoms with van der Waals surface area (Å²) in [6, 6.07) is 9.36. The van der Waals surface area contributed by atoms with Crippen LogP contribution in [0.3, 0.4) is 0 Å². The fourth-order valence-corrected chi connectivity index (χ4v) is 4.41. The molecule has 1 aromatic carbocycles. The average molecular weight is 368 g/mol. The minimum Gasteiger partial charge on any atom is -0.497 e. The van der Waals surface area contributed by atoms with E-state index in [0.29, 0.717) is 30.5 Å². The van der Waals surface area contributed by atoms with Crippen LogP contribution in [0.4, 0.5) is 0 Å². The summed E-state index contributed by atoms with van der Waals surface area (Å²) in [6.07, 6.45) is 1.02. The predicted octanol–water partition coefficient (Wildman–Crippen LogP) is 2.50. The molecule has 2 aliphatic heterocycles. The van der Waals surface area contributed by atoms with Crippen molar-refractivity contribution in [2.24, 2.45) is 5.92 Å². The molecule has 6 heteroatoms. The molecule has 1 aromatic heterocycles. The molecule has 2 aliphatic rings. The van der Waals surface area contributed by atoms with E-state index in [1.165, 1.54) is 0 Å². The van der Waals surface area contributed by atoms with Crippen LogP contribution < -0.4 is 15.0 Å². The average Bonchev–Trinajstić information content (AvgIpc) is 2.67. The van der Waals surface area contributed by atoms with Crippen LogP contribution in [0.5, 0.6) is 11.5 Å². The third kappa shape index (κ3) is 3.09. The fourth-order valence-electron chi connectivity index (χ4n) is 4.41. The number of methoxy groups -OCH3 is 2. The Morgan fingerprint density at radius 1 is 1.07 bits per heavy atom. The van der Waals surface area contributed by atoms with E-state index < -0.39 is 0 Å². The summed E-state index contributed by atoms with van der Waals surface area (Å²) in [4.78, 5) is 26.6. The Labute approximate surface area is 158 Å². The molecule has 2 aromatic rings. The van der Waals surface area contributed by atoms with Crippen molar-refractivity contribution in [3.05, 3.63) is 46.4 Å². The quantitative estimate of drug-likeness (QED) is 0.835. The Kier molecular flexibility index (Phi) is 4.42. The number of carbonyl (C=O) groups is 1. The van der Waals surface area contributed by atoms with Gasteiger partial charge in [0, 0.05) is 55.9 Å². The van der Waals surface area contributed by atoms with Crippen molar-refractivity contribution in [2.45, 2.75) is 25.8 Å². The van der Waals surface area contributed by atoms with E-state index in [1.54, 1.807) is 27.2 Å². The Morgan fingerprint density at radius 3 is 2.59 bits per heavy atom. The number of pyridine rings is 1. The van der Waals surface area contributed by atoms with Gasteiger partial charge in [-0.05, 0) is 36.1 Å². The van der Waals surface area contributed by atoms with E-state index >= 15 is 0 Å². The fraction of sp³-hybridized carbons (Fsp3) is 0.429. The first kappa shape index (κ1) is 17.6. The molecule has 0 aliphatic carbocycles. The van der Waals surface area contributed by atoms with Crippen LogP contribution in [-0.4, -0.2) is 42.7 Å². The van der Waals surface area contributed by atoms with Crippen LogP contribution in [0.25, 0.3) is 11.1 Å². The molecule has 4 rings (SSSR count). The molecular weight excluding hydrogens is 344 g/mol. The molecular formula is C21H24N2O4. The lowest BCUT2D eigenvalue weighted by molar-refractivity contribution is -0.131. The molecule has 2 bridgehead atoms. The largest absolute Gasteiger partial charge is 0.497 e. The van der Waals surface area contributed by atoms with Crippen LogP contribution >= 0.6 is 0 Å². The molecule has 1 saturated heterocycles. The van der Waals surface area contributed by atoms with Gasteiger partial charge in [0.2, 0.25) is 5.91 Å². The number of nitrogens with zero attached hydrogens (tertiary/aromatic N) is 2. The lowest BCUT2D eigenvalue weighted by atomic mass is 9.82. The zero-order valence-electron chi connectivity index (χ0n) is 15.9. The summed E-state index contributed by atoms with van der Waals surface area (Å²) in [6.45, 7) is 3.71. The maximum Gasteiger partial charge on any atom is 0.251 e. The van der Waals surface area contributed by atoms with Gasteiger partial charge in [0.1, 0.15) is 11.5 Å². The maximum absolute atomic E-state index is 12.8. The number of carbonyl (C=O) groups excluding carboxylic acids is 1. The number of fused-ring (bicyclic) bond motifs is 4. The SMILES string of the molecule is COc1ccc(-c2cc3n(c(=O)c2)C[C@H]2C[C@@H]3CN(C(C)=O)C2)c(OC)c1. The summed E-state index contributed by atoms with van der Waals surface area (Å²) < 4.78 is 12.7. The highest BCUT2D eigenvalue weighted by Crippen LogP contribution is 2.38. The van der Waals surface area contributed by atoms with E-state index in [4.69, 9.17) is 9.47 Å². The molecule has 0 N–H and O–H groups in total. The van der Waals surface area contributed by atoms with Crippen LogP contribution in [0.1, 0.15) is 25.0 Å². The summed E-state index contributed by atoms with van der Waals surface area (Å²) in [5.41, 5.74) is 2.72. The van der Waals surface area contributed by atoms with Gasteiger partial charge in [-0.25, -0.2) is 0 Å². The van der Waals surface area contributed by atoms with Gasteiger partial charge in [-0.1, -0.05) is 0 Å². The highest BCUT2D eigenvalue weighted by molar-refractivity contribution is 5.74. The van der Waals surface area contributed by atoms with E-state index in [1.807, 2.05) is 27.7 Å². The Hall–Kier alpha value is -2.76. The molecule has 0 unspecified atom stereocenters. The summed E-state index contributed by atoms with van der Waals surface area (Å²) in [5, 5.41) is 0. The molecule has 142 valence electrons. The number of piperidine rings is 1. The predicted molar refractivity (Wildman–Crippen MR) is 102 cm³/mol. The monoisotopic (exact) mass is 368 g/mol. The first-order chi connectivity index (χ1) is 13.0. The van der Waals surface area contributed by atoms with Crippen LogP contribution in [-0.2, 0) is 11.3 Å². The minimum atomic E-state index is 0.00588. The lowest BCUT2D eigenvalue weighted by Crippen LogP contribution is -2.48. The van der Waals surface area contributed by atoms with Crippen molar-refractivity contribution < 1.29 is 14.3 Å². The van der Waals surface area contributed by atoms with E-state index in [9.17, 15) is 9.59 Å². The third-order valence-electron chi connectivity index (χ3n) is 5.72. The topological polar surface area (TPSA) is 60.8 Å². The van der Waals surface area contributed by atoms with E-state index in [-0.39, 0.29) is 17.4 Å². The molecule has 27 heavy (non-hydrogen) atoms. The molecule has 2 atom stereocenters. The van der Waals surface area contributed by atoms with Crippen molar-refractivity contribution in [3.8, 4) is 22.6 Å². The number of hydrogen-bond acceptors (Lipinski definition) is 4. The van der Waals surface area contributed by atoms with Gasteiger partial charge >= 0.3 is 0 Å². The second kappa shape index (κ2) is 6.76. The normalized spacial score (nSPS) is 20.8. The molecule has 3 heterocycles. The minimum absolute atomic E-state index is 0.00588. The smallest absolute Gasteiger partial charge is 0.251 e. The van der Waals surface area contributed by atoms with Gasteiger partial charge in [-0.2, -0.15) is 0 Å². The number of benzene rings is 1. The van der Waals surface area contributed by atoms with Crippen molar-refractivity contribution >= 4 is 5.91 Å². The number of rotatable bonds is 3. The highest BCUT2D eigenvalue weighted by Gasteiger charge is 2.35. The third-order valence-corrected chi connectivity index (χ3v) is 5.72. The first-order valence-corrected chi connectivity index (χ1v) is 9.23. The maximum atomic E-state index is 12.8. The van der Waals surface area contributed by atoms with E-state index in [2.05, 4.69) is 6.07 Å². The molecule has 0 saturated carbocycles. The second-order valence-corrected chi connectivity index (χ2v) is 7.41. The molecule has 0 spiro atoms. The van der Waals surface area contributed by atoms with Crippen molar-refractivity contribution in [2.75, 3.05) is 27.3 Å². The van der Waals surface area contributed by atoms with Crippen LogP contribution in [0, 0.1) is 5.92 Å². The van der Waals surface area contributed by atoms with Crippen molar-refractivity contribution in [1.82, 2.24) is 9.47 Å². The van der Waals surface area contributed by atoms with Crippen LogP contribution in [0.2, 0.25) is 0 Å². The molecule has 0 radical (unpaired) electrons. The van der Waals surface area contributed by atoms with Gasteiger partial charge < -0.3 is 18.9 Å². The standard InChI is InChI=1S/C21H24N2O4/c1-13(24)22-10-14-6-16(12-22)19-7-15(8-21(25)23(19)11-14)18-5-4-17(26-2)9-20(18)27-3/h4-5,7-9,14,16H,6,10-12H2,1-3H3/t14-,16+/m0/s1. The number of likely N-dealkylation sites (tertiary alicyclic amines) is 1. The molecule has 6 nitrogen and oxygen atoms in total. The summed E-state index contributed by atoms with van der Waals surface area (Å²) in [5.74, 6) is 2.02. The Balaban J connectivity index is 1.79. The van der Waals surface area contributed by atoms with Gasteiger partial charge in [-0.3, -0.25) is 9.59 Å². The summed E-state index contributed by atoms with van der Waals surface area (Å²) in [7, 11) is 3.22. The van der Waals surface area contributed by atoms with Crippen molar-refractivity contribution in [1.29, 1.82) is 0 Å². The van der Waals surface area contributed by atoms with E-state index in [0.717, 1.165) is 29.8 Å². The van der Waals surface area contributed by atoms with Gasteiger partial charge in [0.25, 0.3) is 5.56 Å². The highest BCUT2D eigenvalue weighted by atomic mass is 16.5. The van der Waals surface area contributed by atoms with Gasteiger partial charge in [0.05, 0.1) is 14.2 Å². The van der Waals surface area contributed by atoms with Crippen molar-refractivity contribution in [3.63, 3.8) is 0 Å². The van der Waals surface area contributed by atoms with Crippen LogP contribution in [0.15, 0.2) is 35.1 Å². The number of ether oxygens (including phenoxy) is 2. The Morgan fingerprint density at radius 2 is 1.89 bits per heavy atom. The zero-order chi connectivity index (χ0) is 19.1. The lowest BCUT2D eigenvalue weighted by Gasteiger charge is -2.42. The Bertz CT molecular complexity index is 950. The molecule has 1 fully saturated rings. The van der Waals surface area contributed by atoms with Gasteiger partial charge in [-0.15, -0.1) is 0 Å². The number of amides is 1. The first-order valence-electron chi connectivity index (χ1n) is 9.23. The second-order valence-electron chi connectivity index (χ2n) is 7.41. The number of aromatic nitrogens is 1.